The lowest BCUT2D eigenvalue weighted by Gasteiger charge is -2.37. The Morgan fingerprint density at radius 2 is 1.42 bits per heavy atom. The summed E-state index contributed by atoms with van der Waals surface area (Å²) in [5, 5.41) is 2.46. The molecule has 2 amide bonds. The fourth-order valence-corrected chi connectivity index (χ4v) is 6.70. The first-order valence-corrected chi connectivity index (χ1v) is 16.6. The van der Waals surface area contributed by atoms with Gasteiger partial charge in [0.25, 0.3) is 17.4 Å². The van der Waals surface area contributed by atoms with E-state index >= 15 is 4.39 Å². The van der Waals surface area contributed by atoms with Crippen molar-refractivity contribution in [2.75, 3.05) is 13.7 Å². The second-order valence-corrected chi connectivity index (χ2v) is 12.4. The zero-order chi connectivity index (χ0) is 37.3. The molecule has 1 aromatic heterocycles. The van der Waals surface area contributed by atoms with Gasteiger partial charge in [0.2, 0.25) is 0 Å². The Morgan fingerprint density at radius 1 is 0.808 bits per heavy atom. The predicted molar refractivity (Wildman–Crippen MR) is 186 cm³/mol. The summed E-state index contributed by atoms with van der Waals surface area (Å²) in [6.45, 7) is 0.570. The van der Waals surface area contributed by atoms with E-state index in [1.54, 1.807) is 42.5 Å². The van der Waals surface area contributed by atoms with Crippen LogP contribution in [-0.2, 0) is 19.3 Å². The van der Waals surface area contributed by atoms with Gasteiger partial charge in [-0.3, -0.25) is 23.5 Å². The van der Waals surface area contributed by atoms with E-state index in [1.807, 2.05) is 6.92 Å². The summed E-state index contributed by atoms with van der Waals surface area (Å²) >= 11 is 6.63. The smallest absolute Gasteiger partial charge is 0.416 e. The number of hydrogen-bond acceptors (Lipinski definition) is 6. The van der Waals surface area contributed by atoms with Gasteiger partial charge in [0, 0.05) is 23.9 Å². The van der Waals surface area contributed by atoms with Crippen LogP contribution in [0, 0.1) is 5.82 Å². The van der Waals surface area contributed by atoms with Crippen molar-refractivity contribution in [3.8, 4) is 16.9 Å². The van der Waals surface area contributed by atoms with Crippen LogP contribution in [0.3, 0.4) is 0 Å². The Kier molecular flexibility index (Phi) is 10.2. The number of carbonyl (C=O) groups is 2. The molecule has 6 rings (SSSR count). The largest absolute Gasteiger partial charge is 0.495 e. The average Bonchev–Trinajstić information content (AvgIpc) is 3.38. The minimum atomic E-state index is -4.96. The van der Waals surface area contributed by atoms with Gasteiger partial charge in [0.05, 0.1) is 53.5 Å². The van der Waals surface area contributed by atoms with Gasteiger partial charge in [0.1, 0.15) is 11.6 Å². The number of ether oxygens (including phenoxy) is 1. The van der Waals surface area contributed by atoms with E-state index in [1.165, 1.54) is 42.5 Å². The maximum atomic E-state index is 15.1. The van der Waals surface area contributed by atoms with E-state index in [4.69, 9.17) is 16.3 Å². The first-order valence-electron chi connectivity index (χ1n) is 16.2. The highest BCUT2D eigenvalue weighted by atomic mass is 35.5. The quantitative estimate of drug-likeness (QED) is 0.105. The molecular formula is C38H31ClF4N4O5. The second kappa shape index (κ2) is 14.6. The van der Waals surface area contributed by atoms with Crippen molar-refractivity contribution in [1.82, 2.24) is 19.2 Å². The number of hydrogen-bond donors (Lipinski definition) is 0. The van der Waals surface area contributed by atoms with E-state index in [2.05, 4.69) is 0 Å². The van der Waals surface area contributed by atoms with E-state index in [-0.39, 0.29) is 39.6 Å². The van der Waals surface area contributed by atoms with Crippen molar-refractivity contribution in [3.63, 3.8) is 0 Å². The summed E-state index contributed by atoms with van der Waals surface area (Å²) in [4.78, 5) is 56.3. The van der Waals surface area contributed by atoms with Crippen molar-refractivity contribution in [2.24, 2.45) is 0 Å². The van der Waals surface area contributed by atoms with Crippen LogP contribution in [0.4, 0.5) is 17.6 Å². The second-order valence-electron chi connectivity index (χ2n) is 12.0. The minimum absolute atomic E-state index is 0.0148. The topological polar surface area (TPSA) is 93.8 Å². The van der Waals surface area contributed by atoms with Gasteiger partial charge in [-0.25, -0.2) is 19.2 Å². The van der Waals surface area contributed by atoms with E-state index in [9.17, 15) is 32.3 Å². The molecule has 0 spiro atoms. The summed E-state index contributed by atoms with van der Waals surface area (Å²) in [6, 6.07) is 20.9. The molecule has 0 radical (unpaired) electrons. The lowest BCUT2D eigenvalue weighted by atomic mass is 10.0. The summed E-state index contributed by atoms with van der Waals surface area (Å²) in [7, 11) is 1.35. The first kappa shape index (κ1) is 36.3. The van der Waals surface area contributed by atoms with Crippen molar-refractivity contribution in [3.05, 3.63) is 157 Å². The number of benzene rings is 4. The van der Waals surface area contributed by atoms with Gasteiger partial charge in [0.15, 0.2) is 0 Å². The number of nitrogens with zero attached hydrogens (tertiary/aromatic N) is 4. The number of aromatic nitrogens is 2. The van der Waals surface area contributed by atoms with Crippen LogP contribution in [0.15, 0.2) is 107 Å². The Morgan fingerprint density at radius 3 is 2.04 bits per heavy atom. The Labute approximate surface area is 299 Å². The van der Waals surface area contributed by atoms with Crippen LogP contribution < -0.4 is 16.0 Å². The number of carbonyl (C=O) groups excluding carboxylic acids is 2. The molecule has 0 unspecified atom stereocenters. The van der Waals surface area contributed by atoms with Gasteiger partial charge in [-0.15, -0.1) is 0 Å². The monoisotopic (exact) mass is 734 g/mol. The lowest BCUT2D eigenvalue weighted by Crippen LogP contribution is -2.51. The molecule has 2 heterocycles. The third-order valence-electron chi connectivity index (χ3n) is 8.85. The summed E-state index contributed by atoms with van der Waals surface area (Å²) in [5.41, 5.74) is -3.26. The average molecular weight is 735 g/mol. The molecule has 5 aromatic rings. The standard InChI is InChI=1S/C38H31ClF4N4O5/c1-3-19-46(47-35(49)25-13-7-8-14-26(25)36(47)50)31(23-11-5-4-6-12-23)22-45-34(48)27(24-15-9-18-32(52-2)33(24)39)20-44(37(45)51)21-28-29(38(41,42)43)16-10-17-30(28)40/h4-18,20,31H,3,19,21-22H2,1-2H3/t31-/m0/s1. The number of hydrazine groups is 1. The van der Waals surface area contributed by atoms with Gasteiger partial charge in [-0.1, -0.05) is 79.2 Å². The molecule has 0 aliphatic carbocycles. The van der Waals surface area contributed by atoms with Gasteiger partial charge in [-0.05, 0) is 42.3 Å². The van der Waals surface area contributed by atoms with E-state index in [0.717, 1.165) is 32.5 Å². The zero-order valence-corrected chi connectivity index (χ0v) is 28.6. The predicted octanol–water partition coefficient (Wildman–Crippen LogP) is 7.21. The summed E-state index contributed by atoms with van der Waals surface area (Å²) in [5.74, 6) is -2.23. The highest BCUT2D eigenvalue weighted by Gasteiger charge is 2.42. The molecule has 0 bridgehead atoms. The van der Waals surface area contributed by atoms with Crippen molar-refractivity contribution >= 4 is 23.4 Å². The maximum Gasteiger partial charge on any atom is 0.416 e. The van der Waals surface area contributed by atoms with Gasteiger partial charge >= 0.3 is 11.9 Å². The van der Waals surface area contributed by atoms with E-state index in [0.29, 0.717) is 18.1 Å². The normalized spacial score (nSPS) is 13.5. The number of imide groups is 1. The van der Waals surface area contributed by atoms with Crippen LogP contribution in [0.1, 0.15) is 56.8 Å². The van der Waals surface area contributed by atoms with Crippen molar-refractivity contribution < 1.29 is 31.9 Å². The van der Waals surface area contributed by atoms with E-state index < -0.39 is 65.3 Å². The maximum absolute atomic E-state index is 15.1. The van der Waals surface area contributed by atoms with Crippen LogP contribution in [0.5, 0.6) is 5.75 Å². The fourth-order valence-electron chi connectivity index (χ4n) is 6.40. The lowest BCUT2D eigenvalue weighted by molar-refractivity contribution is -0.138. The molecule has 268 valence electrons. The molecule has 14 heteroatoms. The van der Waals surface area contributed by atoms with Gasteiger partial charge < -0.3 is 4.74 Å². The number of rotatable bonds is 11. The van der Waals surface area contributed by atoms with Crippen molar-refractivity contribution in [2.45, 2.75) is 38.7 Å². The molecule has 0 saturated carbocycles. The van der Waals surface area contributed by atoms with Crippen molar-refractivity contribution in [1.29, 1.82) is 0 Å². The molecule has 9 nitrogen and oxygen atoms in total. The fraction of sp³-hybridized carbons (Fsp3) is 0.211. The number of fused-ring (bicyclic) bond motifs is 1. The Balaban J connectivity index is 1.58. The number of amides is 2. The molecule has 1 aliphatic rings. The molecule has 4 aromatic carbocycles. The first-order chi connectivity index (χ1) is 24.9. The van der Waals surface area contributed by atoms with Crippen LogP contribution in [0.25, 0.3) is 11.1 Å². The molecular weight excluding hydrogens is 704 g/mol. The minimum Gasteiger partial charge on any atom is -0.495 e. The number of halogens is 5. The zero-order valence-electron chi connectivity index (χ0n) is 27.9. The molecule has 1 aliphatic heterocycles. The molecule has 1 atom stereocenters. The summed E-state index contributed by atoms with van der Waals surface area (Å²) in [6.07, 6.45) is -3.48. The SMILES string of the molecule is CCCN([C@@H](Cn1c(=O)c(-c2cccc(OC)c2Cl)cn(Cc2c(F)cccc2C(F)(F)F)c1=O)c1ccccc1)N1C(=O)c2ccccc2C1=O. The van der Waals surface area contributed by atoms with Crippen LogP contribution in [0.2, 0.25) is 5.02 Å². The molecule has 0 saturated heterocycles. The third kappa shape index (κ3) is 6.64. The third-order valence-corrected chi connectivity index (χ3v) is 9.23. The molecule has 0 N–H and O–H groups in total. The molecule has 52 heavy (non-hydrogen) atoms. The Hall–Kier alpha value is -5.53. The Bertz CT molecular complexity index is 2260. The highest BCUT2D eigenvalue weighted by molar-refractivity contribution is 6.34. The molecule has 0 fully saturated rings. The van der Waals surface area contributed by atoms with Gasteiger partial charge in [-0.2, -0.15) is 13.2 Å². The summed E-state index contributed by atoms with van der Waals surface area (Å²) < 4.78 is 64.3. The highest BCUT2D eigenvalue weighted by Crippen LogP contribution is 2.36. The van der Waals surface area contributed by atoms with Crippen LogP contribution >= 0.6 is 11.6 Å². The van der Waals surface area contributed by atoms with Crippen LogP contribution in [-0.4, -0.2) is 44.6 Å². The number of methoxy groups -OCH3 is 1. The number of alkyl halides is 3.